The number of hydrogen-bond acceptors (Lipinski definition) is 3. The molecule has 0 bridgehead atoms. The van der Waals surface area contributed by atoms with Crippen molar-refractivity contribution in [1.82, 2.24) is 24.3 Å². The Morgan fingerprint density at radius 2 is 2.00 bits per heavy atom. The Kier molecular flexibility index (Phi) is 4.32. The van der Waals surface area contributed by atoms with Gasteiger partial charge in [-0.25, -0.2) is 9.78 Å². The highest BCUT2D eigenvalue weighted by Gasteiger charge is 2.22. The number of benzene rings is 1. The zero-order valence-corrected chi connectivity index (χ0v) is 17.2. The summed E-state index contributed by atoms with van der Waals surface area (Å²) in [5.41, 5.74) is 6.48. The average molecular weight is 390 g/mol. The van der Waals surface area contributed by atoms with Crippen LogP contribution < -0.4 is 11.0 Å². The lowest BCUT2D eigenvalue weighted by Crippen LogP contribution is -2.26. The van der Waals surface area contributed by atoms with Gasteiger partial charge in [0.2, 0.25) is 0 Å². The highest BCUT2D eigenvalue weighted by molar-refractivity contribution is 5.94. The molecule has 1 saturated heterocycles. The number of H-pyrrole nitrogens is 1. The summed E-state index contributed by atoms with van der Waals surface area (Å²) in [5, 5.41) is 4.74. The summed E-state index contributed by atoms with van der Waals surface area (Å²) < 4.78 is 3.24. The minimum Gasteiger partial charge on any atom is -0.354 e. The van der Waals surface area contributed by atoms with Gasteiger partial charge in [0, 0.05) is 36.5 Å². The summed E-state index contributed by atoms with van der Waals surface area (Å²) in [7, 11) is 1.79. The molecule has 150 valence electrons. The first-order valence-corrected chi connectivity index (χ1v) is 10.4. The van der Waals surface area contributed by atoms with E-state index in [9.17, 15) is 4.79 Å². The Labute approximate surface area is 169 Å². The van der Waals surface area contributed by atoms with Gasteiger partial charge in [-0.1, -0.05) is 19.9 Å². The minimum atomic E-state index is -0.0864. The van der Waals surface area contributed by atoms with E-state index in [1.165, 1.54) is 29.4 Å². The zero-order valence-electron chi connectivity index (χ0n) is 17.2. The molecule has 6 heteroatoms. The van der Waals surface area contributed by atoms with Crippen molar-refractivity contribution in [3.8, 4) is 11.3 Å². The van der Waals surface area contributed by atoms with E-state index in [4.69, 9.17) is 0 Å². The fourth-order valence-corrected chi connectivity index (χ4v) is 4.76. The average Bonchev–Trinajstić information content (AvgIpc) is 3.36. The Hall–Kier alpha value is -2.86. The van der Waals surface area contributed by atoms with Crippen LogP contribution >= 0.6 is 0 Å². The molecule has 1 fully saturated rings. The number of aromatic amines is 1. The zero-order chi connectivity index (χ0) is 20.1. The fraction of sp³-hybridized carbons (Fsp3) is 0.391. The van der Waals surface area contributed by atoms with E-state index in [0.29, 0.717) is 17.5 Å². The number of fused-ring (bicyclic) bond motifs is 2. The predicted octanol–water partition coefficient (Wildman–Crippen LogP) is 3.77. The van der Waals surface area contributed by atoms with Crippen molar-refractivity contribution in [3.05, 3.63) is 58.4 Å². The van der Waals surface area contributed by atoms with Crippen LogP contribution in [0.3, 0.4) is 0 Å². The largest absolute Gasteiger partial charge is 0.354 e. The molecule has 1 aromatic carbocycles. The highest BCUT2D eigenvalue weighted by atomic mass is 16.1. The number of aryl methyl sites for hydroxylation is 1. The first-order valence-electron chi connectivity index (χ1n) is 10.4. The van der Waals surface area contributed by atoms with Gasteiger partial charge in [-0.15, -0.1) is 0 Å². The highest BCUT2D eigenvalue weighted by Crippen LogP contribution is 2.38. The van der Waals surface area contributed by atoms with Crippen LogP contribution in [-0.2, 0) is 7.05 Å². The van der Waals surface area contributed by atoms with Crippen molar-refractivity contribution in [2.45, 2.75) is 38.5 Å². The molecule has 0 spiro atoms. The van der Waals surface area contributed by atoms with Crippen LogP contribution in [0.5, 0.6) is 0 Å². The van der Waals surface area contributed by atoms with Gasteiger partial charge in [0.05, 0.1) is 11.3 Å². The maximum absolute atomic E-state index is 12.5. The molecule has 6 nitrogen and oxygen atoms in total. The summed E-state index contributed by atoms with van der Waals surface area (Å²) in [6.07, 6.45) is 7.70. The van der Waals surface area contributed by atoms with Gasteiger partial charge in [0.15, 0.2) is 5.65 Å². The number of piperidine rings is 1. The second-order valence-corrected chi connectivity index (χ2v) is 8.45. The van der Waals surface area contributed by atoms with Gasteiger partial charge in [-0.05, 0) is 61.0 Å². The number of hydrogen-bond donors (Lipinski definition) is 2. The molecule has 1 aliphatic heterocycles. The number of nitrogens with zero attached hydrogens (tertiary/aromatic N) is 3. The molecule has 3 aromatic heterocycles. The quantitative estimate of drug-likeness (QED) is 0.560. The fourth-order valence-electron chi connectivity index (χ4n) is 4.76. The molecule has 0 unspecified atom stereocenters. The molecule has 0 amide bonds. The Bertz CT molecular complexity index is 1250. The van der Waals surface area contributed by atoms with Crippen LogP contribution in [0.25, 0.3) is 27.8 Å². The van der Waals surface area contributed by atoms with E-state index in [-0.39, 0.29) is 5.69 Å². The van der Waals surface area contributed by atoms with Crippen LogP contribution in [0.1, 0.15) is 49.7 Å². The molecule has 0 saturated carbocycles. The molecular formula is C23H27N5O. The third-order valence-electron chi connectivity index (χ3n) is 6.23. The minimum absolute atomic E-state index is 0.0864. The molecule has 29 heavy (non-hydrogen) atoms. The maximum Gasteiger partial charge on any atom is 0.333 e. The summed E-state index contributed by atoms with van der Waals surface area (Å²) in [6.45, 7) is 6.64. The lowest BCUT2D eigenvalue weighted by Gasteiger charge is -2.23. The van der Waals surface area contributed by atoms with Gasteiger partial charge in [0.1, 0.15) is 0 Å². The number of imidazole rings is 1. The van der Waals surface area contributed by atoms with E-state index in [1.807, 2.05) is 6.20 Å². The smallest absolute Gasteiger partial charge is 0.333 e. The van der Waals surface area contributed by atoms with Crippen molar-refractivity contribution in [1.29, 1.82) is 0 Å². The summed E-state index contributed by atoms with van der Waals surface area (Å²) in [6, 6.07) is 6.87. The second-order valence-electron chi connectivity index (χ2n) is 8.45. The van der Waals surface area contributed by atoms with Gasteiger partial charge < -0.3 is 14.9 Å². The molecule has 4 aromatic rings. The second kappa shape index (κ2) is 6.88. The van der Waals surface area contributed by atoms with Crippen LogP contribution in [0.2, 0.25) is 0 Å². The molecular weight excluding hydrogens is 362 g/mol. The third kappa shape index (κ3) is 2.90. The Morgan fingerprint density at radius 1 is 1.21 bits per heavy atom. The molecule has 4 heterocycles. The van der Waals surface area contributed by atoms with E-state index in [2.05, 4.69) is 47.3 Å². The lowest BCUT2D eigenvalue weighted by molar-refractivity contribution is 0.460. The van der Waals surface area contributed by atoms with Crippen LogP contribution in [0.15, 0.2) is 41.6 Å². The van der Waals surface area contributed by atoms with E-state index < -0.39 is 0 Å². The Morgan fingerprint density at radius 3 is 2.76 bits per heavy atom. The van der Waals surface area contributed by atoms with Crippen molar-refractivity contribution < 1.29 is 0 Å². The van der Waals surface area contributed by atoms with Crippen molar-refractivity contribution in [2.75, 3.05) is 13.1 Å². The van der Waals surface area contributed by atoms with Crippen LogP contribution in [0, 0.1) is 0 Å². The number of nitrogens with one attached hydrogen (secondary N) is 2. The molecule has 5 rings (SSSR count). The molecule has 2 N–H and O–H groups in total. The van der Waals surface area contributed by atoms with Crippen molar-refractivity contribution >= 4 is 16.6 Å². The van der Waals surface area contributed by atoms with Gasteiger partial charge in [-0.2, -0.15) is 0 Å². The summed E-state index contributed by atoms with van der Waals surface area (Å²) in [5.74, 6) is 0.963. The van der Waals surface area contributed by atoms with E-state index in [0.717, 1.165) is 29.9 Å². The number of aromatic nitrogens is 4. The molecule has 0 atom stereocenters. The standard InChI is InChI=1S/C23H27N5O/c1-14(2)20-17-12-16(15-6-8-24-9-7-15)4-5-19(17)26-21(20)18-13-27(3)23(29)28-11-10-25-22(18)28/h4-5,10-15,24,26H,6-9H2,1-3H3. The van der Waals surface area contributed by atoms with Gasteiger partial charge in [-0.3, -0.25) is 4.40 Å². The SMILES string of the molecule is CC(C)c1c(-c2cn(C)c(=O)n3ccnc23)[nH]c2ccc(C3CCNCC3)cc12. The Balaban J connectivity index is 1.75. The van der Waals surface area contributed by atoms with Crippen LogP contribution in [-0.4, -0.2) is 32.0 Å². The normalized spacial score (nSPS) is 15.7. The third-order valence-corrected chi connectivity index (χ3v) is 6.23. The van der Waals surface area contributed by atoms with Gasteiger partial charge in [0.25, 0.3) is 0 Å². The first kappa shape index (κ1) is 18.2. The number of rotatable bonds is 3. The predicted molar refractivity (Wildman–Crippen MR) is 117 cm³/mol. The maximum atomic E-state index is 12.5. The first-order chi connectivity index (χ1) is 14.0. The lowest BCUT2D eigenvalue weighted by atomic mass is 9.88. The molecule has 0 radical (unpaired) electrons. The summed E-state index contributed by atoms with van der Waals surface area (Å²) in [4.78, 5) is 20.6. The summed E-state index contributed by atoms with van der Waals surface area (Å²) >= 11 is 0. The van der Waals surface area contributed by atoms with Crippen molar-refractivity contribution in [2.24, 2.45) is 7.05 Å². The van der Waals surface area contributed by atoms with Crippen LogP contribution in [0.4, 0.5) is 0 Å². The van der Waals surface area contributed by atoms with Gasteiger partial charge >= 0.3 is 5.69 Å². The van der Waals surface area contributed by atoms with E-state index in [1.54, 1.807) is 28.4 Å². The topological polar surface area (TPSA) is 67.1 Å². The monoisotopic (exact) mass is 389 g/mol. The van der Waals surface area contributed by atoms with E-state index >= 15 is 0 Å². The molecule has 1 aliphatic rings. The van der Waals surface area contributed by atoms with Crippen molar-refractivity contribution in [3.63, 3.8) is 0 Å². The molecule has 0 aliphatic carbocycles.